The second-order valence-corrected chi connectivity index (χ2v) is 3.09. The Labute approximate surface area is 83.1 Å². The third-order valence-corrected chi connectivity index (χ3v) is 1.19. The van der Waals surface area contributed by atoms with Crippen LogP contribution in [-0.2, 0) is 9.63 Å². The molecule has 7 heteroatoms. The Hall–Kier alpha value is -0.570. The van der Waals surface area contributed by atoms with Crippen LogP contribution in [0.3, 0.4) is 0 Å². The van der Waals surface area contributed by atoms with E-state index >= 15 is 0 Å². The zero-order chi connectivity index (χ0) is 9.56. The molecular formula is C5H10IN3O3. The Kier molecular flexibility index (Phi) is 5.72. The Balaban J connectivity index is 3.44. The molecule has 0 unspecified atom stereocenters. The minimum Gasteiger partial charge on any atom is -0.480 e. The summed E-state index contributed by atoms with van der Waals surface area (Å²) in [4.78, 5) is 14.8. The van der Waals surface area contributed by atoms with Crippen molar-refractivity contribution >= 4 is 32.4 Å². The van der Waals surface area contributed by atoms with Crippen molar-refractivity contribution in [3.63, 3.8) is 0 Å². The summed E-state index contributed by atoms with van der Waals surface area (Å²) in [5.41, 5.74) is 10.3. The van der Waals surface area contributed by atoms with Gasteiger partial charge in [0.15, 0.2) is 0 Å². The Morgan fingerprint density at radius 2 is 2.33 bits per heavy atom. The number of nitrogens with zero attached hydrogens (tertiary/aromatic N) is 1. The number of hydrogen-bond donors (Lipinski definition) is 3. The molecule has 1 atom stereocenters. The molecule has 0 saturated carbocycles. The fourth-order valence-corrected chi connectivity index (χ4v) is 0.550. The predicted molar refractivity (Wildman–Crippen MR) is 51.8 cm³/mol. The van der Waals surface area contributed by atoms with Crippen molar-refractivity contribution in [2.24, 2.45) is 16.6 Å². The number of oxime groups is 1. The van der Waals surface area contributed by atoms with Crippen molar-refractivity contribution < 1.29 is 14.7 Å². The van der Waals surface area contributed by atoms with Crippen LogP contribution in [0.5, 0.6) is 0 Å². The fourth-order valence-electron chi connectivity index (χ4n) is 0.410. The number of nitrogens with two attached hydrogens (primary N) is 2. The third-order valence-electron chi connectivity index (χ3n) is 0.989. The van der Waals surface area contributed by atoms with Gasteiger partial charge in [-0.2, -0.15) is 0 Å². The molecule has 0 aromatic carbocycles. The fraction of sp³-hybridized carbons (Fsp3) is 0.600. The molecular weight excluding hydrogens is 277 g/mol. The lowest BCUT2D eigenvalue weighted by molar-refractivity contribution is -0.139. The molecule has 0 aliphatic heterocycles. The van der Waals surface area contributed by atoms with Crippen molar-refractivity contribution in [3.8, 4) is 0 Å². The van der Waals surface area contributed by atoms with Crippen LogP contribution < -0.4 is 11.5 Å². The molecule has 0 radical (unpaired) electrons. The second kappa shape index (κ2) is 6.00. The average Bonchev–Trinajstić information content (AvgIpc) is 1.97. The molecule has 0 rings (SSSR count). The monoisotopic (exact) mass is 287 g/mol. The van der Waals surface area contributed by atoms with E-state index in [1.54, 1.807) is 22.6 Å². The van der Waals surface area contributed by atoms with Crippen LogP contribution in [0.4, 0.5) is 0 Å². The Bertz CT molecular complexity index is 181. The lowest BCUT2D eigenvalue weighted by Gasteiger charge is -2.03. The van der Waals surface area contributed by atoms with Crippen molar-refractivity contribution in [2.45, 2.75) is 12.5 Å². The van der Waals surface area contributed by atoms with Crippen molar-refractivity contribution in [2.75, 3.05) is 6.61 Å². The van der Waals surface area contributed by atoms with E-state index in [0.29, 0.717) is 0 Å². The van der Waals surface area contributed by atoms with Gasteiger partial charge in [-0.15, -0.1) is 0 Å². The SMILES string of the molecule is NC(I)=NOCC[C@H](N)C(=O)O. The van der Waals surface area contributed by atoms with Crippen LogP contribution in [0.15, 0.2) is 5.16 Å². The van der Waals surface area contributed by atoms with Gasteiger partial charge in [-0.05, 0) is 0 Å². The summed E-state index contributed by atoms with van der Waals surface area (Å²) in [7, 11) is 0. The van der Waals surface area contributed by atoms with Crippen LogP contribution in [0.2, 0.25) is 0 Å². The highest BCUT2D eigenvalue weighted by Crippen LogP contribution is 1.91. The first kappa shape index (κ1) is 11.4. The maximum absolute atomic E-state index is 10.2. The van der Waals surface area contributed by atoms with E-state index in [1.165, 1.54) is 0 Å². The van der Waals surface area contributed by atoms with Crippen LogP contribution in [0.1, 0.15) is 6.42 Å². The highest BCUT2D eigenvalue weighted by molar-refractivity contribution is 14.1. The number of hydrogen-bond acceptors (Lipinski definition) is 4. The second-order valence-electron chi connectivity index (χ2n) is 1.98. The standard InChI is InChI=1S/C5H10IN3O3/c6-5(8)9-12-2-1-3(7)4(10)11/h3H,1-2,7H2,(H2,8,9)(H,10,11)/t3-/m0/s1. The first-order valence-electron chi connectivity index (χ1n) is 3.13. The average molecular weight is 287 g/mol. The van der Waals surface area contributed by atoms with Gasteiger partial charge in [0, 0.05) is 29.0 Å². The lowest BCUT2D eigenvalue weighted by atomic mass is 10.2. The highest BCUT2D eigenvalue weighted by atomic mass is 127. The number of carbonyl (C=O) groups is 1. The van der Waals surface area contributed by atoms with E-state index in [9.17, 15) is 4.79 Å². The zero-order valence-electron chi connectivity index (χ0n) is 6.24. The van der Waals surface area contributed by atoms with Gasteiger partial charge >= 0.3 is 5.97 Å². The molecule has 0 aliphatic rings. The molecule has 0 aromatic heterocycles. The van der Waals surface area contributed by atoms with Crippen LogP contribution in [0, 0.1) is 0 Å². The Morgan fingerprint density at radius 3 is 2.75 bits per heavy atom. The number of amidine groups is 1. The molecule has 0 saturated heterocycles. The normalized spacial score (nSPS) is 14.0. The first-order valence-corrected chi connectivity index (χ1v) is 4.21. The number of rotatable bonds is 5. The van der Waals surface area contributed by atoms with Crippen LogP contribution in [0.25, 0.3) is 0 Å². The number of carboxylic acids is 1. The quantitative estimate of drug-likeness (QED) is 0.157. The molecule has 6 nitrogen and oxygen atoms in total. The van der Waals surface area contributed by atoms with Gasteiger partial charge in [0.1, 0.15) is 12.6 Å². The molecule has 5 N–H and O–H groups in total. The number of halogens is 1. The van der Waals surface area contributed by atoms with Crippen molar-refractivity contribution in [1.29, 1.82) is 0 Å². The largest absolute Gasteiger partial charge is 0.480 e. The molecule has 0 bridgehead atoms. The number of aliphatic carboxylic acids is 1. The van der Waals surface area contributed by atoms with Gasteiger partial charge < -0.3 is 21.4 Å². The molecule has 0 amide bonds. The lowest BCUT2D eigenvalue weighted by Crippen LogP contribution is -2.31. The van der Waals surface area contributed by atoms with E-state index in [4.69, 9.17) is 16.6 Å². The van der Waals surface area contributed by atoms with Gasteiger partial charge in [-0.1, -0.05) is 5.16 Å². The summed E-state index contributed by atoms with van der Waals surface area (Å²) < 4.78 is 0.261. The van der Waals surface area contributed by atoms with Crippen LogP contribution in [-0.4, -0.2) is 27.6 Å². The summed E-state index contributed by atoms with van der Waals surface area (Å²) in [6.07, 6.45) is 0.211. The maximum Gasteiger partial charge on any atom is 0.320 e. The number of carboxylic acid groups (broad SMARTS) is 1. The van der Waals surface area contributed by atoms with E-state index in [1.807, 2.05) is 0 Å². The molecule has 0 fully saturated rings. The maximum atomic E-state index is 10.2. The van der Waals surface area contributed by atoms with E-state index in [-0.39, 0.29) is 16.9 Å². The Morgan fingerprint density at radius 1 is 1.75 bits per heavy atom. The summed E-state index contributed by atoms with van der Waals surface area (Å²) in [5, 5.41) is 11.7. The van der Waals surface area contributed by atoms with Gasteiger partial charge in [-0.25, -0.2) is 0 Å². The molecule has 12 heavy (non-hydrogen) atoms. The van der Waals surface area contributed by atoms with Gasteiger partial charge in [-0.3, -0.25) is 4.79 Å². The summed E-state index contributed by atoms with van der Waals surface area (Å²) in [5.74, 6) is -1.05. The minimum atomic E-state index is -1.05. The predicted octanol–water partition coefficient (Wildman–Crippen LogP) is -0.530. The van der Waals surface area contributed by atoms with Gasteiger partial charge in [0.2, 0.25) is 3.84 Å². The molecule has 0 aromatic rings. The van der Waals surface area contributed by atoms with Gasteiger partial charge in [0.25, 0.3) is 0 Å². The van der Waals surface area contributed by atoms with E-state index < -0.39 is 12.0 Å². The topological polar surface area (TPSA) is 111 Å². The summed E-state index contributed by atoms with van der Waals surface area (Å²) in [6, 6.07) is -0.907. The van der Waals surface area contributed by atoms with Crippen molar-refractivity contribution in [1.82, 2.24) is 0 Å². The molecule has 0 spiro atoms. The van der Waals surface area contributed by atoms with Gasteiger partial charge in [0.05, 0.1) is 0 Å². The zero-order valence-corrected chi connectivity index (χ0v) is 8.39. The van der Waals surface area contributed by atoms with E-state index in [0.717, 1.165) is 0 Å². The van der Waals surface area contributed by atoms with E-state index in [2.05, 4.69) is 9.99 Å². The summed E-state index contributed by atoms with van der Waals surface area (Å²) in [6.45, 7) is 0.150. The molecule has 70 valence electrons. The van der Waals surface area contributed by atoms with Crippen LogP contribution >= 0.6 is 22.6 Å². The highest BCUT2D eigenvalue weighted by Gasteiger charge is 2.10. The summed E-state index contributed by atoms with van der Waals surface area (Å²) >= 11 is 1.77. The molecule has 0 aliphatic carbocycles. The minimum absolute atomic E-state index is 0.150. The molecule has 0 heterocycles. The smallest absolute Gasteiger partial charge is 0.320 e. The first-order chi connectivity index (χ1) is 5.54. The third kappa shape index (κ3) is 6.16. The van der Waals surface area contributed by atoms with Crippen molar-refractivity contribution in [3.05, 3.63) is 0 Å².